The van der Waals surface area contributed by atoms with E-state index in [-0.39, 0.29) is 11.5 Å². The van der Waals surface area contributed by atoms with Gasteiger partial charge in [-0.1, -0.05) is 12.1 Å². The first-order valence-electron chi connectivity index (χ1n) is 5.44. The molecule has 88 valence electrons. The minimum absolute atomic E-state index is 0.232. The van der Waals surface area contributed by atoms with Gasteiger partial charge in [0.25, 0.3) is 0 Å². The Bertz CT molecular complexity index is 414. The molecule has 0 bridgehead atoms. The molecule has 0 saturated carbocycles. The van der Waals surface area contributed by atoms with Crippen LogP contribution >= 0.6 is 0 Å². The number of ether oxygens (including phenoxy) is 1. The molecule has 0 fully saturated rings. The van der Waals surface area contributed by atoms with Gasteiger partial charge in [0.2, 0.25) is 0 Å². The van der Waals surface area contributed by atoms with Gasteiger partial charge in [-0.2, -0.15) is 0 Å². The minimum Gasteiger partial charge on any atom is -0.508 e. The summed E-state index contributed by atoms with van der Waals surface area (Å²) in [6.07, 6.45) is 0.779. The topological polar surface area (TPSA) is 49.7 Å². The van der Waals surface area contributed by atoms with Crippen LogP contribution in [-0.2, 0) is 6.42 Å². The maximum absolute atomic E-state index is 9.13. The van der Waals surface area contributed by atoms with Gasteiger partial charge in [0, 0.05) is 6.42 Å². The second kappa shape index (κ2) is 5.25. The minimum atomic E-state index is 0.232. The lowest BCUT2D eigenvalue weighted by Gasteiger charge is -2.06. The molecule has 2 rings (SSSR count). The fourth-order valence-electron chi connectivity index (χ4n) is 1.49. The maximum Gasteiger partial charge on any atom is 0.119 e. The van der Waals surface area contributed by atoms with E-state index in [4.69, 9.17) is 14.9 Å². The summed E-state index contributed by atoms with van der Waals surface area (Å²) in [6, 6.07) is 13.7. The van der Waals surface area contributed by atoms with Crippen LogP contribution in [0.25, 0.3) is 0 Å². The summed E-state index contributed by atoms with van der Waals surface area (Å²) < 4.78 is 5.52. The number of phenols is 2. The number of hydrogen-bond donors (Lipinski definition) is 2. The van der Waals surface area contributed by atoms with Crippen LogP contribution < -0.4 is 4.74 Å². The highest BCUT2D eigenvalue weighted by atomic mass is 16.5. The summed E-state index contributed by atoms with van der Waals surface area (Å²) in [7, 11) is 0. The summed E-state index contributed by atoms with van der Waals surface area (Å²) in [6.45, 7) is 0.565. The van der Waals surface area contributed by atoms with Crippen molar-refractivity contribution in [3.63, 3.8) is 0 Å². The molecular formula is C14H14O3. The molecule has 2 aromatic rings. The fourth-order valence-corrected chi connectivity index (χ4v) is 1.49. The van der Waals surface area contributed by atoms with E-state index in [0.29, 0.717) is 6.61 Å². The lowest BCUT2D eigenvalue weighted by molar-refractivity contribution is 0.321. The number of benzene rings is 2. The van der Waals surface area contributed by atoms with Gasteiger partial charge in [0.05, 0.1) is 6.61 Å². The van der Waals surface area contributed by atoms with Crippen LogP contribution in [0, 0.1) is 0 Å². The molecule has 0 atom stereocenters. The predicted molar refractivity (Wildman–Crippen MR) is 65.4 cm³/mol. The number of hydrogen-bond acceptors (Lipinski definition) is 3. The molecule has 0 unspecified atom stereocenters. The predicted octanol–water partition coefficient (Wildman–Crippen LogP) is 2.72. The van der Waals surface area contributed by atoms with Crippen LogP contribution in [0.5, 0.6) is 17.2 Å². The van der Waals surface area contributed by atoms with Gasteiger partial charge in [0.1, 0.15) is 17.2 Å². The Labute approximate surface area is 99.9 Å². The average molecular weight is 230 g/mol. The third-order valence-electron chi connectivity index (χ3n) is 2.43. The third-order valence-corrected chi connectivity index (χ3v) is 2.43. The molecule has 0 spiro atoms. The lowest BCUT2D eigenvalue weighted by Crippen LogP contribution is -2.00. The van der Waals surface area contributed by atoms with Crippen LogP contribution in [0.4, 0.5) is 0 Å². The van der Waals surface area contributed by atoms with E-state index in [0.717, 1.165) is 17.7 Å². The van der Waals surface area contributed by atoms with Crippen LogP contribution in [0.1, 0.15) is 5.56 Å². The Morgan fingerprint density at radius 1 is 0.765 bits per heavy atom. The molecule has 0 aliphatic heterocycles. The molecule has 0 radical (unpaired) electrons. The van der Waals surface area contributed by atoms with Crippen LogP contribution in [0.15, 0.2) is 48.5 Å². The van der Waals surface area contributed by atoms with Crippen LogP contribution in [0.3, 0.4) is 0 Å². The Balaban J connectivity index is 1.83. The van der Waals surface area contributed by atoms with Gasteiger partial charge >= 0.3 is 0 Å². The molecule has 0 saturated heterocycles. The summed E-state index contributed by atoms with van der Waals surface area (Å²) in [5.74, 6) is 1.24. The largest absolute Gasteiger partial charge is 0.508 e. The summed E-state index contributed by atoms with van der Waals surface area (Å²) >= 11 is 0. The van der Waals surface area contributed by atoms with Crippen molar-refractivity contribution < 1.29 is 14.9 Å². The SMILES string of the molecule is Oc1ccc(CCOc2ccc(O)cc2)cc1. The number of rotatable bonds is 4. The van der Waals surface area contributed by atoms with Crippen molar-refractivity contribution in [1.29, 1.82) is 0 Å². The van der Waals surface area contributed by atoms with Gasteiger partial charge in [0.15, 0.2) is 0 Å². The normalized spacial score (nSPS) is 10.1. The lowest BCUT2D eigenvalue weighted by atomic mass is 10.1. The van der Waals surface area contributed by atoms with Crippen molar-refractivity contribution >= 4 is 0 Å². The third kappa shape index (κ3) is 3.41. The zero-order valence-corrected chi connectivity index (χ0v) is 9.34. The van der Waals surface area contributed by atoms with E-state index in [2.05, 4.69) is 0 Å². The quantitative estimate of drug-likeness (QED) is 0.849. The molecule has 0 heterocycles. The summed E-state index contributed by atoms with van der Waals surface area (Å²) in [5, 5.41) is 18.2. The zero-order valence-electron chi connectivity index (χ0n) is 9.34. The first-order valence-corrected chi connectivity index (χ1v) is 5.44. The maximum atomic E-state index is 9.13. The van der Waals surface area contributed by atoms with Gasteiger partial charge in [-0.15, -0.1) is 0 Å². The molecule has 3 nitrogen and oxygen atoms in total. The van der Waals surface area contributed by atoms with Crippen molar-refractivity contribution in [3.05, 3.63) is 54.1 Å². The van der Waals surface area contributed by atoms with Crippen molar-refractivity contribution in [2.75, 3.05) is 6.61 Å². The molecule has 2 aromatic carbocycles. The van der Waals surface area contributed by atoms with Gasteiger partial charge in [-0.25, -0.2) is 0 Å². The Hall–Kier alpha value is -2.16. The molecule has 0 amide bonds. The van der Waals surface area contributed by atoms with Gasteiger partial charge in [-0.3, -0.25) is 0 Å². The fraction of sp³-hybridized carbons (Fsp3) is 0.143. The van der Waals surface area contributed by atoms with Gasteiger partial charge < -0.3 is 14.9 Å². The standard InChI is InChI=1S/C14H14O3/c15-12-3-1-11(2-4-12)9-10-17-14-7-5-13(16)6-8-14/h1-8,15-16H,9-10H2. The molecule has 0 aliphatic carbocycles. The van der Waals surface area contributed by atoms with E-state index >= 15 is 0 Å². The van der Waals surface area contributed by atoms with Crippen molar-refractivity contribution in [2.24, 2.45) is 0 Å². The monoisotopic (exact) mass is 230 g/mol. The van der Waals surface area contributed by atoms with E-state index < -0.39 is 0 Å². The van der Waals surface area contributed by atoms with E-state index in [1.807, 2.05) is 12.1 Å². The summed E-state index contributed by atoms with van der Waals surface area (Å²) in [4.78, 5) is 0. The molecule has 0 aromatic heterocycles. The van der Waals surface area contributed by atoms with Gasteiger partial charge in [-0.05, 0) is 42.0 Å². The highest BCUT2D eigenvalue weighted by molar-refractivity contribution is 5.30. The molecule has 17 heavy (non-hydrogen) atoms. The smallest absolute Gasteiger partial charge is 0.119 e. The first kappa shape index (κ1) is 11.3. The van der Waals surface area contributed by atoms with Crippen LogP contribution in [-0.4, -0.2) is 16.8 Å². The molecule has 2 N–H and O–H groups in total. The Morgan fingerprint density at radius 2 is 1.29 bits per heavy atom. The highest BCUT2D eigenvalue weighted by Gasteiger charge is 1.96. The Kier molecular flexibility index (Phi) is 3.50. The van der Waals surface area contributed by atoms with E-state index in [9.17, 15) is 0 Å². The van der Waals surface area contributed by atoms with Crippen molar-refractivity contribution in [2.45, 2.75) is 6.42 Å². The van der Waals surface area contributed by atoms with E-state index in [1.165, 1.54) is 0 Å². The average Bonchev–Trinajstić information content (AvgIpc) is 2.34. The highest BCUT2D eigenvalue weighted by Crippen LogP contribution is 2.16. The molecular weight excluding hydrogens is 216 g/mol. The second-order valence-corrected chi connectivity index (χ2v) is 3.76. The van der Waals surface area contributed by atoms with Crippen LogP contribution in [0.2, 0.25) is 0 Å². The Morgan fingerprint density at radius 3 is 1.88 bits per heavy atom. The van der Waals surface area contributed by atoms with Crippen molar-refractivity contribution in [3.8, 4) is 17.2 Å². The molecule has 3 heteroatoms. The summed E-state index contributed by atoms with van der Waals surface area (Å²) in [5.41, 5.74) is 1.11. The van der Waals surface area contributed by atoms with Crippen molar-refractivity contribution in [1.82, 2.24) is 0 Å². The second-order valence-electron chi connectivity index (χ2n) is 3.76. The first-order chi connectivity index (χ1) is 8.24. The number of phenolic OH excluding ortho intramolecular Hbond substituents is 2. The molecule has 0 aliphatic rings. The number of aromatic hydroxyl groups is 2. The zero-order chi connectivity index (χ0) is 12.1. The van der Waals surface area contributed by atoms with E-state index in [1.54, 1.807) is 36.4 Å².